The van der Waals surface area contributed by atoms with Crippen LogP contribution >= 0.6 is 0 Å². The van der Waals surface area contributed by atoms with Crippen molar-refractivity contribution in [2.75, 3.05) is 0 Å². The van der Waals surface area contributed by atoms with Gasteiger partial charge in [-0.1, -0.05) is 18.6 Å². The maximum absolute atomic E-state index is 10.7. The van der Waals surface area contributed by atoms with Crippen LogP contribution in [0.4, 0.5) is 0 Å². The first-order valence-corrected chi connectivity index (χ1v) is 4.66. The van der Waals surface area contributed by atoms with Crippen molar-refractivity contribution in [3.8, 4) is 0 Å². The molecule has 0 radical (unpaired) electrons. The predicted molar refractivity (Wildman–Crippen MR) is 51.3 cm³/mol. The van der Waals surface area contributed by atoms with E-state index < -0.39 is 12.0 Å². The van der Waals surface area contributed by atoms with Gasteiger partial charge in [0, 0.05) is 0 Å². The molecule has 3 atom stereocenters. The second-order valence-electron chi connectivity index (χ2n) is 4.05. The highest BCUT2D eigenvalue weighted by Gasteiger charge is 2.27. The number of hydrogen-bond donors (Lipinski definition) is 2. The van der Waals surface area contributed by atoms with Crippen LogP contribution in [0.15, 0.2) is 11.6 Å². The fourth-order valence-corrected chi connectivity index (χ4v) is 2.07. The Morgan fingerprint density at radius 2 is 2.38 bits per heavy atom. The molecule has 1 aliphatic carbocycles. The van der Waals surface area contributed by atoms with Crippen molar-refractivity contribution in [3.63, 3.8) is 0 Å². The van der Waals surface area contributed by atoms with E-state index in [1.165, 1.54) is 5.57 Å². The van der Waals surface area contributed by atoms with Gasteiger partial charge >= 0.3 is 5.97 Å². The summed E-state index contributed by atoms with van der Waals surface area (Å²) in [7, 11) is 0. The molecular weight excluding hydrogens is 166 g/mol. The van der Waals surface area contributed by atoms with Crippen molar-refractivity contribution < 1.29 is 9.90 Å². The molecule has 3 unspecified atom stereocenters. The van der Waals surface area contributed by atoms with Gasteiger partial charge in [0.1, 0.15) is 6.04 Å². The lowest BCUT2D eigenvalue weighted by Crippen LogP contribution is -2.39. The zero-order valence-electron chi connectivity index (χ0n) is 8.16. The lowest BCUT2D eigenvalue weighted by Gasteiger charge is -2.27. The third kappa shape index (κ3) is 2.56. The monoisotopic (exact) mass is 183 g/mol. The van der Waals surface area contributed by atoms with Gasteiger partial charge in [0.05, 0.1) is 0 Å². The zero-order chi connectivity index (χ0) is 10.0. The molecule has 0 heterocycles. The van der Waals surface area contributed by atoms with Gasteiger partial charge in [-0.15, -0.1) is 0 Å². The van der Waals surface area contributed by atoms with Crippen LogP contribution < -0.4 is 5.73 Å². The average molecular weight is 183 g/mol. The second kappa shape index (κ2) is 3.92. The number of carboxylic acids is 1. The SMILES string of the molecule is CC1=CC(C)CC(C(N)C(=O)O)C1. The summed E-state index contributed by atoms with van der Waals surface area (Å²) in [6.45, 7) is 4.14. The van der Waals surface area contributed by atoms with E-state index in [1.54, 1.807) is 0 Å². The van der Waals surface area contributed by atoms with E-state index in [0.717, 1.165) is 12.8 Å². The Morgan fingerprint density at radius 1 is 1.77 bits per heavy atom. The Hall–Kier alpha value is -0.830. The summed E-state index contributed by atoms with van der Waals surface area (Å²) in [6, 6.07) is -0.703. The van der Waals surface area contributed by atoms with Crippen LogP contribution in [-0.2, 0) is 4.79 Å². The smallest absolute Gasteiger partial charge is 0.320 e. The summed E-state index contributed by atoms with van der Waals surface area (Å²) in [6.07, 6.45) is 3.92. The third-order valence-electron chi connectivity index (χ3n) is 2.62. The molecule has 0 aromatic carbocycles. The summed E-state index contributed by atoms with van der Waals surface area (Å²) in [5, 5.41) is 8.76. The Balaban J connectivity index is 2.64. The molecule has 0 aliphatic heterocycles. The largest absolute Gasteiger partial charge is 0.480 e. The molecule has 1 rings (SSSR count). The Kier molecular flexibility index (Phi) is 3.09. The molecule has 0 fully saturated rings. The molecule has 0 saturated heterocycles. The first kappa shape index (κ1) is 10.3. The van der Waals surface area contributed by atoms with Gasteiger partial charge in [-0.2, -0.15) is 0 Å². The molecule has 0 amide bonds. The Morgan fingerprint density at radius 3 is 2.85 bits per heavy atom. The van der Waals surface area contributed by atoms with Crippen LogP contribution in [0.5, 0.6) is 0 Å². The zero-order valence-corrected chi connectivity index (χ0v) is 8.16. The highest BCUT2D eigenvalue weighted by atomic mass is 16.4. The first-order valence-electron chi connectivity index (χ1n) is 4.66. The van der Waals surface area contributed by atoms with Crippen LogP contribution in [0.25, 0.3) is 0 Å². The molecular formula is C10H17NO2. The number of carbonyl (C=O) groups is 1. The molecule has 0 spiro atoms. The second-order valence-corrected chi connectivity index (χ2v) is 4.05. The van der Waals surface area contributed by atoms with Gasteiger partial charge < -0.3 is 10.8 Å². The van der Waals surface area contributed by atoms with Gasteiger partial charge in [-0.3, -0.25) is 4.79 Å². The van der Waals surface area contributed by atoms with Gasteiger partial charge in [0.25, 0.3) is 0 Å². The predicted octanol–water partition coefficient (Wildman–Crippen LogP) is 1.39. The van der Waals surface area contributed by atoms with Crippen LogP contribution in [-0.4, -0.2) is 17.1 Å². The van der Waals surface area contributed by atoms with E-state index in [2.05, 4.69) is 13.0 Å². The standard InChI is InChI=1S/C10H17NO2/c1-6-3-7(2)5-8(4-6)9(11)10(12)13/h3,6,8-9H,4-5,11H2,1-2H3,(H,12,13). The molecule has 74 valence electrons. The minimum atomic E-state index is -0.883. The third-order valence-corrected chi connectivity index (χ3v) is 2.62. The van der Waals surface area contributed by atoms with Gasteiger partial charge in [0.2, 0.25) is 0 Å². The van der Waals surface area contributed by atoms with Crippen LogP contribution in [0.2, 0.25) is 0 Å². The lowest BCUT2D eigenvalue weighted by molar-refractivity contribution is -0.140. The molecule has 3 N–H and O–H groups in total. The minimum Gasteiger partial charge on any atom is -0.480 e. The molecule has 0 saturated carbocycles. The summed E-state index contributed by atoms with van der Waals surface area (Å²) in [5.41, 5.74) is 6.85. The van der Waals surface area contributed by atoms with Crippen molar-refractivity contribution >= 4 is 5.97 Å². The molecule has 1 aliphatic rings. The number of aliphatic carboxylic acids is 1. The van der Waals surface area contributed by atoms with E-state index in [1.807, 2.05) is 6.92 Å². The van der Waals surface area contributed by atoms with E-state index in [0.29, 0.717) is 5.92 Å². The van der Waals surface area contributed by atoms with Crippen LogP contribution in [0.1, 0.15) is 26.7 Å². The number of nitrogens with two attached hydrogens (primary N) is 1. The quantitative estimate of drug-likeness (QED) is 0.636. The summed E-state index contributed by atoms with van der Waals surface area (Å²) >= 11 is 0. The van der Waals surface area contributed by atoms with Gasteiger partial charge in [-0.05, 0) is 31.6 Å². The maximum atomic E-state index is 10.7. The van der Waals surface area contributed by atoms with Crippen LogP contribution in [0, 0.1) is 11.8 Å². The van der Waals surface area contributed by atoms with E-state index >= 15 is 0 Å². The molecule has 0 aromatic rings. The molecule has 3 nitrogen and oxygen atoms in total. The normalized spacial score (nSPS) is 30.8. The number of allylic oxidation sites excluding steroid dienone is 2. The van der Waals surface area contributed by atoms with E-state index in [-0.39, 0.29) is 5.92 Å². The van der Waals surface area contributed by atoms with Crippen molar-refractivity contribution in [1.29, 1.82) is 0 Å². The minimum absolute atomic E-state index is 0.109. The highest BCUT2D eigenvalue weighted by Crippen LogP contribution is 2.29. The topological polar surface area (TPSA) is 63.3 Å². The molecule has 13 heavy (non-hydrogen) atoms. The molecule has 0 bridgehead atoms. The molecule has 3 heteroatoms. The number of carboxylic acid groups (broad SMARTS) is 1. The fraction of sp³-hybridized carbons (Fsp3) is 0.700. The summed E-state index contributed by atoms with van der Waals surface area (Å²) in [4.78, 5) is 10.7. The van der Waals surface area contributed by atoms with Gasteiger partial charge in [-0.25, -0.2) is 0 Å². The van der Waals surface area contributed by atoms with Crippen molar-refractivity contribution in [2.45, 2.75) is 32.7 Å². The fourth-order valence-electron chi connectivity index (χ4n) is 2.07. The van der Waals surface area contributed by atoms with E-state index in [9.17, 15) is 4.79 Å². The Labute approximate surface area is 78.6 Å². The van der Waals surface area contributed by atoms with Gasteiger partial charge in [0.15, 0.2) is 0 Å². The maximum Gasteiger partial charge on any atom is 0.320 e. The number of rotatable bonds is 2. The Bertz CT molecular complexity index is 235. The van der Waals surface area contributed by atoms with Crippen molar-refractivity contribution in [1.82, 2.24) is 0 Å². The average Bonchev–Trinajstić information content (AvgIpc) is 2.01. The summed E-state index contributed by atoms with van der Waals surface area (Å²) in [5.74, 6) is -0.312. The number of hydrogen-bond acceptors (Lipinski definition) is 2. The van der Waals surface area contributed by atoms with Crippen LogP contribution in [0.3, 0.4) is 0 Å². The van der Waals surface area contributed by atoms with Crippen molar-refractivity contribution in [3.05, 3.63) is 11.6 Å². The molecule has 0 aromatic heterocycles. The highest BCUT2D eigenvalue weighted by molar-refractivity contribution is 5.73. The van der Waals surface area contributed by atoms with E-state index in [4.69, 9.17) is 10.8 Å². The first-order chi connectivity index (χ1) is 6.00. The lowest BCUT2D eigenvalue weighted by atomic mass is 9.80. The van der Waals surface area contributed by atoms with Crippen molar-refractivity contribution in [2.24, 2.45) is 17.6 Å². The summed E-state index contributed by atoms with van der Waals surface area (Å²) < 4.78 is 0.